The second kappa shape index (κ2) is 7.83. The topological polar surface area (TPSA) is 43.4 Å². The second-order valence-electron chi connectivity index (χ2n) is 4.54. The van der Waals surface area contributed by atoms with Crippen LogP contribution in [-0.4, -0.2) is 23.7 Å². The molecule has 0 fully saturated rings. The number of rotatable bonds is 8. The average molecular weight is 305 g/mol. The SMILES string of the molecule is CCCCCOC1(Cl)C=CC(CC(=O)C=O)=C(Cl)C1. The molecule has 1 aliphatic rings. The number of carbonyl (C=O) groups is 2. The first-order chi connectivity index (χ1) is 9.00. The van der Waals surface area contributed by atoms with Crippen LogP contribution >= 0.6 is 23.2 Å². The number of alkyl halides is 1. The molecular formula is C14H18Cl2O3. The van der Waals surface area contributed by atoms with Gasteiger partial charge in [-0.3, -0.25) is 9.59 Å². The third-order valence-corrected chi connectivity index (χ3v) is 3.61. The van der Waals surface area contributed by atoms with E-state index < -0.39 is 10.8 Å². The van der Waals surface area contributed by atoms with Crippen molar-refractivity contribution in [2.75, 3.05) is 6.61 Å². The van der Waals surface area contributed by atoms with E-state index >= 15 is 0 Å². The Kier molecular flexibility index (Phi) is 6.76. The monoisotopic (exact) mass is 304 g/mol. The number of carbonyl (C=O) groups excluding carboxylic acids is 2. The second-order valence-corrected chi connectivity index (χ2v) is 5.64. The van der Waals surface area contributed by atoms with Crippen molar-refractivity contribution in [3.8, 4) is 0 Å². The Morgan fingerprint density at radius 2 is 2.26 bits per heavy atom. The van der Waals surface area contributed by atoms with Crippen molar-refractivity contribution < 1.29 is 14.3 Å². The molecule has 0 aromatic rings. The van der Waals surface area contributed by atoms with Gasteiger partial charge in [0.1, 0.15) is 0 Å². The standard InChI is InChI=1S/C14H18Cl2O3/c1-2-3-4-7-19-14(16)6-5-11(13(15)9-14)8-12(18)10-17/h5-6,10H,2-4,7-9H2,1H3. The van der Waals surface area contributed by atoms with Crippen LogP contribution in [0.15, 0.2) is 22.8 Å². The number of aldehydes is 1. The van der Waals surface area contributed by atoms with Gasteiger partial charge in [-0.05, 0) is 18.1 Å². The summed E-state index contributed by atoms with van der Waals surface area (Å²) >= 11 is 12.4. The van der Waals surface area contributed by atoms with Crippen molar-refractivity contribution in [2.24, 2.45) is 0 Å². The number of hydrogen-bond acceptors (Lipinski definition) is 3. The smallest absolute Gasteiger partial charge is 0.199 e. The molecule has 106 valence electrons. The molecule has 0 aromatic carbocycles. The lowest BCUT2D eigenvalue weighted by Gasteiger charge is -2.27. The summed E-state index contributed by atoms with van der Waals surface area (Å²) in [7, 11) is 0. The Bertz CT molecular complexity index is 401. The highest BCUT2D eigenvalue weighted by Gasteiger charge is 2.30. The lowest BCUT2D eigenvalue weighted by atomic mass is 10.00. The van der Waals surface area contributed by atoms with E-state index in [1.54, 1.807) is 12.2 Å². The molecule has 0 heterocycles. The van der Waals surface area contributed by atoms with Crippen molar-refractivity contribution in [1.82, 2.24) is 0 Å². The molecule has 5 heteroatoms. The number of allylic oxidation sites excluding steroid dienone is 2. The molecule has 0 aliphatic heterocycles. The predicted molar refractivity (Wildman–Crippen MR) is 76.4 cm³/mol. The summed E-state index contributed by atoms with van der Waals surface area (Å²) < 4.78 is 5.63. The highest BCUT2D eigenvalue weighted by Crippen LogP contribution is 2.36. The van der Waals surface area contributed by atoms with Gasteiger partial charge in [0.2, 0.25) is 0 Å². The Morgan fingerprint density at radius 1 is 1.53 bits per heavy atom. The predicted octanol–water partition coefficient (Wildman–Crippen LogP) is 3.74. The summed E-state index contributed by atoms with van der Waals surface area (Å²) in [6, 6.07) is 0. The first-order valence-corrected chi connectivity index (χ1v) is 7.14. The van der Waals surface area contributed by atoms with Gasteiger partial charge in [0, 0.05) is 24.5 Å². The molecule has 1 unspecified atom stereocenters. The van der Waals surface area contributed by atoms with Gasteiger partial charge in [0.15, 0.2) is 17.1 Å². The number of ketones is 1. The fourth-order valence-corrected chi connectivity index (χ4v) is 2.45. The van der Waals surface area contributed by atoms with Crippen LogP contribution in [0, 0.1) is 0 Å². The summed E-state index contributed by atoms with van der Waals surface area (Å²) in [5.41, 5.74) is 0.632. The zero-order valence-corrected chi connectivity index (χ0v) is 12.5. The normalized spacial score (nSPS) is 22.7. The zero-order chi connectivity index (χ0) is 14.3. The van der Waals surface area contributed by atoms with E-state index in [2.05, 4.69) is 6.92 Å². The summed E-state index contributed by atoms with van der Waals surface area (Å²) in [6.07, 6.45) is 7.17. The summed E-state index contributed by atoms with van der Waals surface area (Å²) in [5.74, 6) is -0.497. The molecule has 0 saturated heterocycles. The van der Waals surface area contributed by atoms with E-state index in [1.807, 2.05) is 0 Å². The van der Waals surface area contributed by atoms with E-state index in [9.17, 15) is 9.59 Å². The quantitative estimate of drug-likeness (QED) is 0.297. The van der Waals surface area contributed by atoms with E-state index in [0.29, 0.717) is 29.9 Å². The molecular weight excluding hydrogens is 287 g/mol. The molecule has 0 N–H and O–H groups in total. The van der Waals surface area contributed by atoms with Gasteiger partial charge in [-0.2, -0.15) is 0 Å². The summed E-state index contributed by atoms with van der Waals surface area (Å²) in [4.78, 5) is 21.4. The van der Waals surface area contributed by atoms with Crippen LogP contribution in [0.1, 0.15) is 39.0 Å². The summed E-state index contributed by atoms with van der Waals surface area (Å²) in [6.45, 7) is 2.70. The van der Waals surface area contributed by atoms with Crippen LogP contribution in [-0.2, 0) is 14.3 Å². The van der Waals surface area contributed by atoms with Gasteiger partial charge in [-0.25, -0.2) is 0 Å². The maximum absolute atomic E-state index is 11.1. The van der Waals surface area contributed by atoms with Crippen LogP contribution in [0.3, 0.4) is 0 Å². The van der Waals surface area contributed by atoms with Crippen LogP contribution < -0.4 is 0 Å². The van der Waals surface area contributed by atoms with Crippen molar-refractivity contribution in [1.29, 1.82) is 0 Å². The lowest BCUT2D eigenvalue weighted by Crippen LogP contribution is -2.26. The van der Waals surface area contributed by atoms with Crippen LogP contribution in [0.5, 0.6) is 0 Å². The number of unbranched alkanes of at least 4 members (excludes halogenated alkanes) is 2. The van der Waals surface area contributed by atoms with Crippen molar-refractivity contribution in [3.63, 3.8) is 0 Å². The Hall–Kier alpha value is -0.640. The first-order valence-electron chi connectivity index (χ1n) is 6.38. The molecule has 1 aliphatic carbocycles. The maximum atomic E-state index is 11.1. The van der Waals surface area contributed by atoms with Gasteiger partial charge in [-0.15, -0.1) is 0 Å². The van der Waals surface area contributed by atoms with Crippen molar-refractivity contribution >= 4 is 35.3 Å². The molecule has 0 saturated carbocycles. The van der Waals surface area contributed by atoms with Crippen LogP contribution in [0.4, 0.5) is 0 Å². The van der Waals surface area contributed by atoms with E-state index in [-0.39, 0.29) is 6.42 Å². The van der Waals surface area contributed by atoms with E-state index in [1.165, 1.54) is 0 Å². The lowest BCUT2D eigenvalue weighted by molar-refractivity contribution is -0.129. The number of ether oxygens (including phenoxy) is 1. The highest BCUT2D eigenvalue weighted by molar-refractivity contribution is 6.33. The van der Waals surface area contributed by atoms with Crippen LogP contribution in [0.2, 0.25) is 0 Å². The molecule has 0 spiro atoms. The molecule has 0 amide bonds. The largest absolute Gasteiger partial charge is 0.356 e. The fraction of sp³-hybridized carbons (Fsp3) is 0.571. The molecule has 1 atom stereocenters. The first kappa shape index (κ1) is 16.4. The number of hydrogen-bond donors (Lipinski definition) is 0. The van der Waals surface area contributed by atoms with Gasteiger partial charge >= 0.3 is 0 Å². The van der Waals surface area contributed by atoms with Gasteiger partial charge in [-0.1, -0.05) is 49.0 Å². The number of halogens is 2. The van der Waals surface area contributed by atoms with Gasteiger partial charge in [0.05, 0.1) is 0 Å². The minimum atomic E-state index is -0.932. The van der Waals surface area contributed by atoms with Gasteiger partial charge in [0.25, 0.3) is 0 Å². The minimum Gasteiger partial charge on any atom is -0.356 e. The molecule has 0 aromatic heterocycles. The fourth-order valence-electron chi connectivity index (χ4n) is 1.78. The average Bonchev–Trinajstić information content (AvgIpc) is 2.38. The van der Waals surface area contributed by atoms with Gasteiger partial charge < -0.3 is 4.74 Å². The Labute approximate surface area is 123 Å². The van der Waals surface area contributed by atoms with Crippen molar-refractivity contribution in [3.05, 3.63) is 22.8 Å². The molecule has 0 bridgehead atoms. The molecule has 1 rings (SSSR count). The van der Waals surface area contributed by atoms with E-state index in [0.717, 1.165) is 19.3 Å². The van der Waals surface area contributed by atoms with Crippen molar-refractivity contribution in [2.45, 2.75) is 44.1 Å². The maximum Gasteiger partial charge on any atom is 0.199 e. The third-order valence-electron chi connectivity index (χ3n) is 2.86. The molecule has 19 heavy (non-hydrogen) atoms. The molecule has 0 radical (unpaired) electrons. The van der Waals surface area contributed by atoms with E-state index in [4.69, 9.17) is 27.9 Å². The Balaban J connectivity index is 2.54. The number of Topliss-reactive ketones (excluding diaryl/α,β-unsaturated/α-hetero) is 1. The molecule has 3 nitrogen and oxygen atoms in total. The summed E-state index contributed by atoms with van der Waals surface area (Å²) in [5, 5.41) is -0.457. The minimum absolute atomic E-state index is 0.0155. The van der Waals surface area contributed by atoms with Crippen LogP contribution in [0.25, 0.3) is 0 Å². The third kappa shape index (κ3) is 5.47. The Morgan fingerprint density at radius 3 is 2.84 bits per heavy atom. The highest BCUT2D eigenvalue weighted by atomic mass is 35.5. The zero-order valence-electron chi connectivity index (χ0n) is 11.0.